The standard InChI is InChI=1S/C15H22N2/c1-12-7-9-17(10-12)11-15-14-5-3-2-4-13(14)6-8-16-15/h2-5,12,15-16H,6-11H2,1H3. The van der Waals surface area contributed by atoms with Crippen LogP contribution in [0.3, 0.4) is 0 Å². The van der Waals surface area contributed by atoms with E-state index in [1.54, 1.807) is 5.56 Å². The second kappa shape index (κ2) is 4.79. The molecule has 0 amide bonds. The van der Waals surface area contributed by atoms with Crippen LogP contribution >= 0.6 is 0 Å². The molecule has 92 valence electrons. The minimum Gasteiger partial charge on any atom is -0.309 e. The molecule has 2 heteroatoms. The second-order valence-electron chi connectivity index (χ2n) is 5.61. The molecule has 2 aliphatic rings. The van der Waals surface area contributed by atoms with E-state index in [0.717, 1.165) is 12.5 Å². The van der Waals surface area contributed by atoms with E-state index in [0.29, 0.717) is 6.04 Å². The highest BCUT2D eigenvalue weighted by Gasteiger charge is 2.25. The lowest BCUT2D eigenvalue weighted by atomic mass is 9.94. The Labute approximate surface area is 104 Å². The van der Waals surface area contributed by atoms with Gasteiger partial charge >= 0.3 is 0 Å². The first-order valence-corrected chi connectivity index (χ1v) is 6.86. The van der Waals surface area contributed by atoms with Gasteiger partial charge in [-0.2, -0.15) is 0 Å². The molecule has 3 rings (SSSR count). The summed E-state index contributed by atoms with van der Waals surface area (Å²) in [6, 6.07) is 9.47. The minimum atomic E-state index is 0.547. The Bertz CT molecular complexity index is 388. The predicted molar refractivity (Wildman–Crippen MR) is 71.1 cm³/mol. The lowest BCUT2D eigenvalue weighted by Crippen LogP contribution is -2.38. The average molecular weight is 230 g/mol. The maximum atomic E-state index is 3.68. The Balaban J connectivity index is 1.72. The van der Waals surface area contributed by atoms with Crippen molar-refractivity contribution in [1.29, 1.82) is 0 Å². The van der Waals surface area contributed by atoms with Crippen molar-refractivity contribution in [2.24, 2.45) is 5.92 Å². The van der Waals surface area contributed by atoms with Gasteiger partial charge < -0.3 is 10.2 Å². The molecule has 0 aromatic heterocycles. The van der Waals surface area contributed by atoms with Gasteiger partial charge in [0, 0.05) is 19.1 Å². The molecule has 2 aliphatic heterocycles. The number of likely N-dealkylation sites (tertiary alicyclic amines) is 1. The average Bonchev–Trinajstić information content (AvgIpc) is 2.75. The zero-order valence-electron chi connectivity index (χ0n) is 10.7. The van der Waals surface area contributed by atoms with Crippen molar-refractivity contribution in [2.75, 3.05) is 26.2 Å². The SMILES string of the molecule is CC1CCN(CC2NCCc3ccccc32)C1. The Morgan fingerprint density at radius 2 is 2.24 bits per heavy atom. The molecule has 1 aromatic carbocycles. The summed E-state index contributed by atoms with van der Waals surface area (Å²) in [6.45, 7) is 7.23. The number of hydrogen-bond donors (Lipinski definition) is 1. The third-order valence-electron chi connectivity index (χ3n) is 4.16. The predicted octanol–water partition coefficient (Wildman–Crippen LogP) is 2.22. The van der Waals surface area contributed by atoms with Crippen molar-refractivity contribution in [3.05, 3.63) is 35.4 Å². The normalized spacial score (nSPS) is 29.2. The molecule has 1 N–H and O–H groups in total. The molecule has 2 atom stereocenters. The number of rotatable bonds is 2. The lowest BCUT2D eigenvalue weighted by Gasteiger charge is -2.30. The molecular formula is C15H22N2. The molecule has 0 radical (unpaired) electrons. The molecule has 0 aliphatic carbocycles. The first kappa shape index (κ1) is 11.2. The van der Waals surface area contributed by atoms with Crippen LogP contribution in [0.4, 0.5) is 0 Å². The zero-order chi connectivity index (χ0) is 11.7. The van der Waals surface area contributed by atoms with Crippen molar-refractivity contribution in [3.8, 4) is 0 Å². The van der Waals surface area contributed by atoms with Gasteiger partial charge in [0.05, 0.1) is 0 Å². The van der Waals surface area contributed by atoms with Crippen LogP contribution in [0.25, 0.3) is 0 Å². The summed E-state index contributed by atoms with van der Waals surface area (Å²) in [4.78, 5) is 2.62. The Hall–Kier alpha value is -0.860. The van der Waals surface area contributed by atoms with E-state index in [2.05, 4.69) is 41.4 Å². The van der Waals surface area contributed by atoms with Crippen LogP contribution in [0.15, 0.2) is 24.3 Å². The van der Waals surface area contributed by atoms with Gasteiger partial charge in [0.25, 0.3) is 0 Å². The van der Waals surface area contributed by atoms with Gasteiger partial charge in [0.2, 0.25) is 0 Å². The molecule has 2 heterocycles. The summed E-state index contributed by atoms with van der Waals surface area (Å²) in [6.07, 6.45) is 2.55. The van der Waals surface area contributed by atoms with Crippen LogP contribution in [-0.4, -0.2) is 31.1 Å². The zero-order valence-corrected chi connectivity index (χ0v) is 10.7. The highest BCUT2D eigenvalue weighted by Crippen LogP contribution is 2.25. The van der Waals surface area contributed by atoms with Crippen LogP contribution in [0.2, 0.25) is 0 Å². The van der Waals surface area contributed by atoms with Crippen LogP contribution in [0, 0.1) is 5.92 Å². The first-order chi connectivity index (χ1) is 8.33. The molecule has 0 saturated carbocycles. The maximum Gasteiger partial charge on any atom is 0.0452 e. The number of benzene rings is 1. The van der Waals surface area contributed by atoms with Crippen LogP contribution in [0.1, 0.15) is 30.5 Å². The van der Waals surface area contributed by atoms with Crippen molar-refractivity contribution in [2.45, 2.75) is 25.8 Å². The summed E-state index contributed by atoms with van der Waals surface area (Å²) in [7, 11) is 0. The largest absolute Gasteiger partial charge is 0.309 e. The van der Waals surface area contributed by atoms with Crippen LogP contribution < -0.4 is 5.32 Å². The third-order valence-corrected chi connectivity index (χ3v) is 4.16. The summed E-state index contributed by atoms with van der Waals surface area (Å²) in [5, 5.41) is 3.68. The lowest BCUT2D eigenvalue weighted by molar-refractivity contribution is 0.280. The molecule has 1 fully saturated rings. The Kier molecular flexibility index (Phi) is 3.17. The van der Waals surface area contributed by atoms with E-state index in [9.17, 15) is 0 Å². The Morgan fingerprint density at radius 1 is 1.35 bits per heavy atom. The van der Waals surface area contributed by atoms with Gasteiger partial charge in [-0.05, 0) is 43.0 Å². The number of fused-ring (bicyclic) bond motifs is 1. The molecule has 2 unspecified atom stereocenters. The number of hydrogen-bond acceptors (Lipinski definition) is 2. The number of nitrogens with zero attached hydrogens (tertiary/aromatic N) is 1. The van der Waals surface area contributed by atoms with Gasteiger partial charge in [0.1, 0.15) is 0 Å². The summed E-state index contributed by atoms with van der Waals surface area (Å²) < 4.78 is 0. The number of nitrogens with one attached hydrogen (secondary N) is 1. The fourth-order valence-electron chi connectivity index (χ4n) is 3.21. The molecule has 2 nitrogen and oxygen atoms in total. The van der Waals surface area contributed by atoms with Gasteiger partial charge in [-0.25, -0.2) is 0 Å². The van der Waals surface area contributed by atoms with Gasteiger partial charge in [0.15, 0.2) is 0 Å². The molecule has 0 spiro atoms. The molecule has 17 heavy (non-hydrogen) atoms. The van der Waals surface area contributed by atoms with E-state index in [-0.39, 0.29) is 0 Å². The third kappa shape index (κ3) is 2.38. The van der Waals surface area contributed by atoms with Crippen LogP contribution in [-0.2, 0) is 6.42 Å². The van der Waals surface area contributed by atoms with Crippen molar-refractivity contribution < 1.29 is 0 Å². The van der Waals surface area contributed by atoms with Crippen molar-refractivity contribution in [3.63, 3.8) is 0 Å². The molecule has 0 bridgehead atoms. The van der Waals surface area contributed by atoms with Crippen molar-refractivity contribution in [1.82, 2.24) is 10.2 Å². The van der Waals surface area contributed by atoms with Gasteiger partial charge in [-0.3, -0.25) is 0 Å². The highest BCUT2D eigenvalue weighted by atomic mass is 15.2. The van der Waals surface area contributed by atoms with E-state index in [1.807, 2.05) is 0 Å². The van der Waals surface area contributed by atoms with Gasteiger partial charge in [-0.15, -0.1) is 0 Å². The van der Waals surface area contributed by atoms with Crippen molar-refractivity contribution >= 4 is 0 Å². The minimum absolute atomic E-state index is 0.547. The van der Waals surface area contributed by atoms with Gasteiger partial charge in [-0.1, -0.05) is 31.2 Å². The van der Waals surface area contributed by atoms with E-state index in [4.69, 9.17) is 0 Å². The van der Waals surface area contributed by atoms with E-state index < -0.39 is 0 Å². The fourth-order valence-corrected chi connectivity index (χ4v) is 3.21. The maximum absolute atomic E-state index is 3.68. The summed E-state index contributed by atoms with van der Waals surface area (Å²) >= 11 is 0. The molecule has 1 saturated heterocycles. The summed E-state index contributed by atoms with van der Waals surface area (Å²) in [5.41, 5.74) is 3.07. The highest BCUT2D eigenvalue weighted by molar-refractivity contribution is 5.32. The van der Waals surface area contributed by atoms with E-state index >= 15 is 0 Å². The fraction of sp³-hybridized carbons (Fsp3) is 0.600. The monoisotopic (exact) mass is 230 g/mol. The molecular weight excluding hydrogens is 208 g/mol. The summed E-state index contributed by atoms with van der Waals surface area (Å²) in [5.74, 6) is 0.883. The second-order valence-corrected chi connectivity index (χ2v) is 5.61. The molecule has 1 aromatic rings. The topological polar surface area (TPSA) is 15.3 Å². The first-order valence-electron chi connectivity index (χ1n) is 6.86. The Morgan fingerprint density at radius 3 is 3.06 bits per heavy atom. The van der Waals surface area contributed by atoms with Crippen LogP contribution in [0.5, 0.6) is 0 Å². The van der Waals surface area contributed by atoms with E-state index in [1.165, 1.54) is 38.0 Å². The quantitative estimate of drug-likeness (QED) is 0.838. The smallest absolute Gasteiger partial charge is 0.0452 e.